The smallest absolute Gasteiger partial charge is 0.282 e. The minimum atomic E-state index is -1.88. The largest absolute Gasteiger partial charge is 0.362 e. The van der Waals surface area contributed by atoms with E-state index < -0.39 is 20.8 Å². The van der Waals surface area contributed by atoms with Crippen LogP contribution in [-0.4, -0.2) is 20.8 Å². The number of carbonyl (C=O) groups excluding carboxylic acids is 1. The summed E-state index contributed by atoms with van der Waals surface area (Å²) in [7, 11) is 0. The number of carbonyl (C=O) groups is 1. The summed E-state index contributed by atoms with van der Waals surface area (Å²) in [4.78, 5) is 22.8. The van der Waals surface area contributed by atoms with Gasteiger partial charge in [-0.25, -0.2) is 0 Å². The number of nitrogens with zero attached hydrogens (tertiary/aromatic N) is 1. The molecule has 0 aliphatic carbocycles. The van der Waals surface area contributed by atoms with Gasteiger partial charge in [0, 0.05) is 11.8 Å². The van der Waals surface area contributed by atoms with Crippen LogP contribution < -0.4 is 10.6 Å². The van der Waals surface area contributed by atoms with E-state index in [9.17, 15) is 14.9 Å². The van der Waals surface area contributed by atoms with Crippen molar-refractivity contribution in [2.75, 3.05) is 5.32 Å². The lowest BCUT2D eigenvalue weighted by Gasteiger charge is -2.27. The van der Waals surface area contributed by atoms with Crippen LogP contribution in [0.5, 0.6) is 0 Å². The molecule has 24 heavy (non-hydrogen) atoms. The second kappa shape index (κ2) is 7.70. The van der Waals surface area contributed by atoms with Gasteiger partial charge in [0.2, 0.25) is 3.79 Å². The lowest BCUT2D eigenvalue weighted by atomic mass is 10.1. The summed E-state index contributed by atoms with van der Waals surface area (Å²) in [6.45, 7) is 0. The molecular formula is C15H12Cl3N3O3. The Labute approximate surface area is 152 Å². The maximum atomic E-state index is 12.4. The lowest BCUT2D eigenvalue weighted by molar-refractivity contribution is -0.385. The zero-order valence-electron chi connectivity index (χ0n) is 12.1. The van der Waals surface area contributed by atoms with E-state index in [1.165, 1.54) is 24.3 Å². The fourth-order valence-corrected chi connectivity index (χ4v) is 2.26. The average Bonchev–Trinajstić information content (AvgIpc) is 2.54. The van der Waals surface area contributed by atoms with Crippen molar-refractivity contribution in [3.05, 3.63) is 70.3 Å². The number of benzene rings is 2. The van der Waals surface area contributed by atoms with Crippen molar-refractivity contribution in [2.24, 2.45) is 0 Å². The van der Waals surface area contributed by atoms with Gasteiger partial charge >= 0.3 is 0 Å². The molecule has 2 aromatic carbocycles. The predicted molar refractivity (Wildman–Crippen MR) is 94.7 cm³/mol. The number of hydrogen-bond acceptors (Lipinski definition) is 4. The zero-order valence-corrected chi connectivity index (χ0v) is 14.3. The van der Waals surface area contributed by atoms with Crippen LogP contribution in [0, 0.1) is 10.1 Å². The molecule has 0 aromatic heterocycles. The number of nitro groups is 1. The number of rotatable bonds is 5. The van der Waals surface area contributed by atoms with Crippen LogP contribution >= 0.6 is 34.8 Å². The van der Waals surface area contributed by atoms with Gasteiger partial charge in [0.25, 0.3) is 11.6 Å². The van der Waals surface area contributed by atoms with Gasteiger partial charge in [-0.05, 0) is 18.2 Å². The van der Waals surface area contributed by atoms with Crippen LogP contribution in [0.3, 0.4) is 0 Å². The Morgan fingerprint density at radius 1 is 1.04 bits per heavy atom. The van der Waals surface area contributed by atoms with E-state index in [2.05, 4.69) is 10.6 Å². The Balaban J connectivity index is 2.24. The van der Waals surface area contributed by atoms with Crippen LogP contribution in [0.1, 0.15) is 10.4 Å². The monoisotopic (exact) mass is 387 g/mol. The highest BCUT2D eigenvalue weighted by molar-refractivity contribution is 6.68. The van der Waals surface area contributed by atoms with E-state index >= 15 is 0 Å². The summed E-state index contributed by atoms with van der Waals surface area (Å²) in [6.07, 6.45) is -1.10. The van der Waals surface area contributed by atoms with Gasteiger partial charge in [-0.1, -0.05) is 65.1 Å². The van der Waals surface area contributed by atoms with Gasteiger partial charge in [0.05, 0.1) is 4.92 Å². The molecule has 0 saturated heterocycles. The topological polar surface area (TPSA) is 84.3 Å². The third kappa shape index (κ3) is 4.74. The van der Waals surface area contributed by atoms with Gasteiger partial charge < -0.3 is 10.6 Å². The van der Waals surface area contributed by atoms with Crippen molar-refractivity contribution in [3.8, 4) is 0 Å². The molecule has 126 valence electrons. The van der Waals surface area contributed by atoms with Gasteiger partial charge in [0.15, 0.2) is 0 Å². The molecule has 1 atom stereocenters. The molecule has 0 radical (unpaired) electrons. The SMILES string of the molecule is O=C(N[C@@H](Nc1ccccc1)C(Cl)(Cl)Cl)c1ccccc1[N+](=O)[O-]. The summed E-state index contributed by atoms with van der Waals surface area (Å²) in [5, 5.41) is 16.4. The standard InChI is InChI=1S/C15H12Cl3N3O3/c16-15(17,18)14(19-10-6-2-1-3-7-10)20-13(22)11-8-4-5-9-12(11)21(23)24/h1-9,14,19H,(H,20,22)/t14-/m1/s1. The van der Waals surface area contributed by atoms with Gasteiger partial charge in [-0.2, -0.15) is 0 Å². The molecule has 0 unspecified atom stereocenters. The van der Waals surface area contributed by atoms with Gasteiger partial charge in [-0.3, -0.25) is 14.9 Å². The molecule has 9 heteroatoms. The molecule has 0 fully saturated rings. The lowest BCUT2D eigenvalue weighted by Crippen LogP contribution is -2.49. The van der Waals surface area contributed by atoms with E-state index in [4.69, 9.17) is 34.8 Å². The number of amides is 1. The first kappa shape index (κ1) is 18.3. The first-order valence-corrected chi connectivity index (χ1v) is 7.85. The number of alkyl halides is 3. The Morgan fingerprint density at radius 3 is 2.21 bits per heavy atom. The minimum Gasteiger partial charge on any atom is -0.362 e. The summed E-state index contributed by atoms with van der Waals surface area (Å²) in [5.74, 6) is -0.734. The number of hydrogen-bond donors (Lipinski definition) is 2. The van der Waals surface area contributed by atoms with Gasteiger partial charge in [-0.15, -0.1) is 0 Å². The van der Waals surface area contributed by atoms with Crippen molar-refractivity contribution in [2.45, 2.75) is 9.96 Å². The van der Waals surface area contributed by atoms with E-state index in [0.717, 1.165) is 0 Å². The highest BCUT2D eigenvalue weighted by Crippen LogP contribution is 2.31. The maximum absolute atomic E-state index is 12.4. The third-order valence-electron chi connectivity index (χ3n) is 3.03. The van der Waals surface area contributed by atoms with Crippen LogP contribution in [0.25, 0.3) is 0 Å². The van der Waals surface area contributed by atoms with Crippen molar-refractivity contribution in [1.82, 2.24) is 5.32 Å². The minimum absolute atomic E-state index is 0.128. The van der Waals surface area contributed by atoms with E-state index in [1.54, 1.807) is 30.3 Å². The van der Waals surface area contributed by atoms with Crippen molar-refractivity contribution in [1.29, 1.82) is 0 Å². The van der Waals surface area contributed by atoms with E-state index in [0.29, 0.717) is 5.69 Å². The maximum Gasteiger partial charge on any atom is 0.282 e. The second-order valence-electron chi connectivity index (χ2n) is 4.73. The van der Waals surface area contributed by atoms with Crippen molar-refractivity contribution in [3.63, 3.8) is 0 Å². The fraction of sp³-hybridized carbons (Fsp3) is 0.133. The normalized spacial score (nSPS) is 12.3. The molecule has 6 nitrogen and oxygen atoms in total. The van der Waals surface area contributed by atoms with Crippen molar-refractivity contribution >= 4 is 52.1 Å². The van der Waals surface area contributed by atoms with E-state index in [1.807, 2.05) is 0 Å². The number of anilines is 1. The summed E-state index contributed by atoms with van der Waals surface area (Å²) in [6, 6.07) is 14.3. The molecule has 2 N–H and O–H groups in total. The summed E-state index contributed by atoms with van der Waals surface area (Å²) >= 11 is 17.7. The quantitative estimate of drug-likeness (QED) is 0.349. The zero-order chi connectivity index (χ0) is 17.7. The average molecular weight is 389 g/mol. The molecule has 0 aliphatic heterocycles. The highest BCUT2D eigenvalue weighted by atomic mass is 35.6. The van der Waals surface area contributed by atoms with Crippen LogP contribution in [-0.2, 0) is 0 Å². The Bertz CT molecular complexity index is 735. The molecule has 0 saturated carbocycles. The molecule has 0 bridgehead atoms. The number of halogens is 3. The van der Waals surface area contributed by atoms with Crippen LogP contribution in [0.2, 0.25) is 0 Å². The predicted octanol–water partition coefficient (Wildman–Crippen LogP) is 4.13. The van der Waals surface area contributed by atoms with Crippen LogP contribution in [0.15, 0.2) is 54.6 Å². The summed E-state index contributed by atoms with van der Waals surface area (Å²) < 4.78 is -1.88. The molecular weight excluding hydrogens is 377 g/mol. The Kier molecular flexibility index (Phi) is 5.88. The summed E-state index contributed by atoms with van der Waals surface area (Å²) in [5.41, 5.74) is 0.145. The number of nitrogens with one attached hydrogen (secondary N) is 2. The van der Waals surface area contributed by atoms with E-state index in [-0.39, 0.29) is 11.3 Å². The number of nitro benzene ring substituents is 1. The first-order valence-electron chi connectivity index (χ1n) is 6.71. The highest BCUT2D eigenvalue weighted by Gasteiger charge is 2.35. The third-order valence-corrected chi connectivity index (χ3v) is 3.69. The second-order valence-corrected chi connectivity index (χ2v) is 7.10. The Morgan fingerprint density at radius 2 is 1.62 bits per heavy atom. The van der Waals surface area contributed by atoms with Crippen LogP contribution in [0.4, 0.5) is 11.4 Å². The molecule has 0 heterocycles. The first-order chi connectivity index (χ1) is 11.3. The Hall–Kier alpha value is -2.02. The number of para-hydroxylation sites is 2. The molecule has 1 amide bonds. The molecule has 0 spiro atoms. The molecule has 2 aromatic rings. The van der Waals surface area contributed by atoms with Gasteiger partial charge in [0.1, 0.15) is 11.7 Å². The molecule has 0 aliphatic rings. The fourth-order valence-electron chi connectivity index (χ4n) is 1.93. The van der Waals surface area contributed by atoms with Crippen molar-refractivity contribution < 1.29 is 9.72 Å². The molecule has 2 rings (SSSR count).